The van der Waals surface area contributed by atoms with Crippen molar-refractivity contribution in [3.05, 3.63) is 11.1 Å². The zero-order valence-electron chi connectivity index (χ0n) is 8.44. The number of halogens is 8. The average molecular weight is 436 g/mol. The topological polar surface area (TPSA) is 26.3 Å². The van der Waals surface area contributed by atoms with Crippen molar-refractivity contribution in [1.29, 1.82) is 0 Å². The minimum Gasteiger partial charge on any atom is -0.276 e. The van der Waals surface area contributed by atoms with Crippen LogP contribution in [0.25, 0.3) is 0 Å². The maximum atomic E-state index is 11.3. The van der Waals surface area contributed by atoms with E-state index in [1.165, 1.54) is 6.92 Å². The van der Waals surface area contributed by atoms with Gasteiger partial charge in [-0.2, -0.15) is 0 Å². The highest BCUT2D eigenvalue weighted by atomic mass is 35.9. The summed E-state index contributed by atoms with van der Waals surface area (Å²) in [4.78, 5) is -1.47. The number of hydrogen-bond acceptors (Lipinski definition) is 2. The third-order valence-electron chi connectivity index (χ3n) is 2.33. The molecule has 0 radical (unpaired) electrons. The van der Waals surface area contributed by atoms with Crippen LogP contribution in [0.1, 0.15) is 6.92 Å². The summed E-state index contributed by atoms with van der Waals surface area (Å²) in [6.07, 6.45) is -2.89. The molecule has 106 valence electrons. The predicted molar refractivity (Wildman–Crippen MR) is 81.3 cm³/mol. The highest BCUT2D eigenvalue weighted by Crippen LogP contribution is 2.66. The highest BCUT2D eigenvalue weighted by molar-refractivity contribution is 8.05. The molecular weight excluding hydrogens is 431 g/mol. The van der Waals surface area contributed by atoms with Gasteiger partial charge in [0.15, 0.2) is 4.33 Å². The number of alkyl halides is 5. The van der Waals surface area contributed by atoms with E-state index in [0.29, 0.717) is 0 Å². The lowest BCUT2D eigenvalue weighted by Gasteiger charge is -2.47. The molecule has 0 aromatic rings. The fraction of sp³-hybridized carbons (Fsp3) is 0.714. The third-order valence-corrected chi connectivity index (χ3v) is 7.01. The van der Waals surface area contributed by atoms with E-state index in [0.717, 1.165) is 6.08 Å². The molecule has 3 atom stereocenters. The third kappa shape index (κ3) is 3.35. The van der Waals surface area contributed by atoms with Gasteiger partial charge in [0, 0.05) is 0 Å². The van der Waals surface area contributed by atoms with Crippen molar-refractivity contribution in [3.8, 4) is 0 Å². The molecule has 2 nitrogen and oxygen atoms in total. The first-order valence-corrected chi connectivity index (χ1v) is 9.99. The summed E-state index contributed by atoms with van der Waals surface area (Å²) in [5.74, 6) is 0. The van der Waals surface area contributed by atoms with Gasteiger partial charge in [0.05, 0.1) is 9.91 Å². The van der Waals surface area contributed by atoms with Crippen molar-refractivity contribution < 1.29 is 9.09 Å². The highest BCUT2D eigenvalue weighted by Gasteiger charge is 2.63. The van der Waals surface area contributed by atoms with Crippen LogP contribution in [0.2, 0.25) is 0 Å². The Kier molecular flexibility index (Phi) is 5.56. The van der Waals surface area contributed by atoms with Crippen LogP contribution in [0, 0.1) is 0 Å². The second-order valence-electron chi connectivity index (χ2n) is 3.70. The maximum absolute atomic E-state index is 11.3. The molecule has 1 aliphatic rings. The Morgan fingerprint density at radius 3 is 2.11 bits per heavy atom. The van der Waals surface area contributed by atoms with Crippen LogP contribution in [0.5, 0.6) is 0 Å². The van der Waals surface area contributed by atoms with Crippen molar-refractivity contribution in [2.45, 2.75) is 26.6 Å². The van der Waals surface area contributed by atoms with Gasteiger partial charge >= 0.3 is 6.07 Å². The minimum atomic E-state index is -4.01. The van der Waals surface area contributed by atoms with Crippen molar-refractivity contribution in [1.82, 2.24) is 0 Å². The van der Waals surface area contributed by atoms with Gasteiger partial charge in [-0.15, -0.1) is 23.2 Å². The van der Waals surface area contributed by atoms with E-state index >= 15 is 0 Å². The summed E-state index contributed by atoms with van der Waals surface area (Å²) in [7, 11) is 0. The fourth-order valence-electron chi connectivity index (χ4n) is 1.28. The maximum Gasteiger partial charge on any atom is 0.382 e. The lowest BCUT2D eigenvalue weighted by molar-refractivity contribution is 0.186. The summed E-state index contributed by atoms with van der Waals surface area (Å²) in [6.45, 7) is 1.42. The van der Waals surface area contributed by atoms with Gasteiger partial charge in [-0.25, -0.2) is 0 Å². The molecule has 18 heavy (non-hydrogen) atoms. The first-order valence-electron chi connectivity index (χ1n) is 4.23. The van der Waals surface area contributed by atoms with Crippen molar-refractivity contribution in [2.24, 2.45) is 0 Å². The Hall–Kier alpha value is 2.25. The van der Waals surface area contributed by atoms with Gasteiger partial charge in [-0.05, 0) is 35.5 Å². The standard InChI is InChI=1S/C7H5Cl8O2P/c1-5(10)4(9)7(13,17-18(14,15)16)3(8)2-6(5,11)12/h2,4H,1H3. The van der Waals surface area contributed by atoms with Crippen LogP contribution in [0.4, 0.5) is 0 Å². The monoisotopic (exact) mass is 432 g/mol. The molecule has 0 aromatic heterocycles. The molecule has 0 spiro atoms. The zero-order chi connectivity index (χ0) is 14.6. The quantitative estimate of drug-likeness (QED) is 0.368. The van der Waals surface area contributed by atoms with Gasteiger partial charge in [0.25, 0.3) is 0 Å². The van der Waals surface area contributed by atoms with Gasteiger partial charge in [0.2, 0.25) is 5.06 Å². The van der Waals surface area contributed by atoms with E-state index < -0.39 is 25.7 Å². The van der Waals surface area contributed by atoms with Gasteiger partial charge in [0.1, 0.15) is 5.38 Å². The van der Waals surface area contributed by atoms with Crippen molar-refractivity contribution >= 4 is 98.2 Å². The van der Waals surface area contributed by atoms with E-state index in [1.54, 1.807) is 0 Å². The lowest BCUT2D eigenvalue weighted by Crippen LogP contribution is -2.58. The summed E-state index contributed by atoms with van der Waals surface area (Å²) in [6, 6.07) is 0. The van der Waals surface area contributed by atoms with Crippen LogP contribution in [-0.4, -0.2) is 19.6 Å². The van der Waals surface area contributed by atoms with Gasteiger partial charge in [-0.1, -0.05) is 46.4 Å². The van der Waals surface area contributed by atoms with Crippen LogP contribution < -0.4 is 0 Å². The largest absolute Gasteiger partial charge is 0.382 e. The molecule has 0 aliphatic heterocycles. The number of hydrogen-bond donors (Lipinski definition) is 0. The Morgan fingerprint density at radius 2 is 1.72 bits per heavy atom. The molecule has 1 rings (SSSR count). The normalized spacial score (nSPS) is 40.5. The summed E-state index contributed by atoms with van der Waals surface area (Å²) >= 11 is 46.8. The molecule has 3 unspecified atom stereocenters. The number of allylic oxidation sites excluding steroid dienone is 1. The minimum absolute atomic E-state index is 0.214. The number of rotatable bonds is 2. The molecule has 0 heterocycles. The summed E-state index contributed by atoms with van der Waals surface area (Å²) in [5, 5.41) is -3.47. The summed E-state index contributed by atoms with van der Waals surface area (Å²) < 4.78 is 14.6. The van der Waals surface area contributed by atoms with Crippen molar-refractivity contribution in [3.63, 3.8) is 0 Å². The molecule has 0 fully saturated rings. The predicted octanol–water partition coefficient (Wildman–Crippen LogP) is 6.44. The molecule has 1 aliphatic carbocycles. The van der Waals surface area contributed by atoms with Crippen molar-refractivity contribution in [2.75, 3.05) is 0 Å². The van der Waals surface area contributed by atoms with Gasteiger partial charge < -0.3 is 0 Å². The average Bonchev–Trinajstić information content (AvgIpc) is 2.10. The second kappa shape index (κ2) is 5.47. The molecule has 0 N–H and O–H groups in total. The van der Waals surface area contributed by atoms with E-state index in [2.05, 4.69) is 0 Å². The first kappa shape index (κ1) is 18.3. The first-order chi connectivity index (χ1) is 7.74. The van der Waals surface area contributed by atoms with E-state index in [9.17, 15) is 4.57 Å². The fourth-order valence-corrected chi connectivity index (χ4v) is 4.97. The second-order valence-corrected chi connectivity index (χ2v) is 11.5. The Morgan fingerprint density at radius 1 is 1.28 bits per heavy atom. The smallest absolute Gasteiger partial charge is 0.276 e. The van der Waals surface area contributed by atoms with Crippen LogP contribution in [-0.2, 0) is 9.09 Å². The van der Waals surface area contributed by atoms with Crippen LogP contribution in [0.15, 0.2) is 11.1 Å². The lowest BCUT2D eigenvalue weighted by atomic mass is 9.91. The molecule has 0 amide bonds. The van der Waals surface area contributed by atoms with E-state index in [4.69, 9.17) is 96.6 Å². The summed E-state index contributed by atoms with van der Waals surface area (Å²) in [5.41, 5.74) is 0. The Balaban J connectivity index is 3.35. The van der Waals surface area contributed by atoms with Gasteiger partial charge in [-0.3, -0.25) is 9.09 Å². The Bertz CT molecular complexity index is 429. The van der Waals surface area contributed by atoms with E-state index in [1.807, 2.05) is 0 Å². The molecule has 0 saturated heterocycles. The molecule has 0 bridgehead atoms. The molecule has 0 saturated carbocycles. The molecule has 0 aromatic carbocycles. The van der Waals surface area contributed by atoms with Crippen LogP contribution >= 0.6 is 98.2 Å². The SMILES string of the molecule is CC1(Cl)C(Cl)C(Cl)(OP(=O)(Cl)Cl)C(Cl)=CC1(Cl)Cl. The van der Waals surface area contributed by atoms with Crippen LogP contribution in [0.3, 0.4) is 0 Å². The van der Waals surface area contributed by atoms with E-state index in [-0.39, 0.29) is 5.03 Å². The molecular formula is C7H5Cl8O2P. The zero-order valence-corrected chi connectivity index (χ0v) is 15.4. The Labute approximate surface area is 144 Å². The molecule has 11 heteroatoms.